The van der Waals surface area contributed by atoms with E-state index in [2.05, 4.69) is 15.7 Å². The number of alkyl halides is 6. The van der Waals surface area contributed by atoms with Gasteiger partial charge in [0.1, 0.15) is 5.70 Å². The molecule has 0 amide bonds. The van der Waals surface area contributed by atoms with Gasteiger partial charge in [-0.2, -0.15) is 0 Å². The first kappa shape index (κ1) is 19.7. The Balaban J connectivity index is 2.72. The van der Waals surface area contributed by atoms with Crippen LogP contribution in [-0.2, 0) is 0 Å². The molecule has 2 nitrogen and oxygen atoms in total. The number of allylic oxidation sites excluding steroid dienone is 1. The van der Waals surface area contributed by atoms with Crippen LogP contribution in [0.1, 0.15) is 5.56 Å². The number of halogens is 8. The maximum atomic E-state index is 6.17. The van der Waals surface area contributed by atoms with Gasteiger partial charge in [0, 0.05) is 11.6 Å². The van der Waals surface area contributed by atoms with Crippen LogP contribution in [0.2, 0.25) is 10.0 Å². The Hall–Kier alpha value is 0.400. The average Bonchev–Trinajstić information content (AvgIpc) is 2.60. The van der Waals surface area contributed by atoms with Gasteiger partial charge in [0.05, 0.1) is 15.8 Å². The van der Waals surface area contributed by atoms with E-state index in [9.17, 15) is 0 Å². The first-order valence-electron chi connectivity index (χ1n) is 5.73. The lowest BCUT2D eigenvalue weighted by atomic mass is 10.1. The molecule has 23 heavy (non-hydrogen) atoms. The summed E-state index contributed by atoms with van der Waals surface area (Å²) < 4.78 is -3.84. The monoisotopic (exact) mass is 468 g/mol. The lowest BCUT2D eigenvalue weighted by molar-refractivity contribution is 1.18. The maximum absolute atomic E-state index is 6.17. The normalized spacial score (nSPS) is 15.7. The molecule has 0 saturated carbocycles. The summed E-state index contributed by atoms with van der Waals surface area (Å²) in [5.41, 5.74) is 3.29. The highest BCUT2D eigenvalue weighted by Crippen LogP contribution is 2.38. The van der Waals surface area contributed by atoms with Gasteiger partial charge in [-0.1, -0.05) is 105 Å². The van der Waals surface area contributed by atoms with Crippen LogP contribution >= 0.6 is 92.8 Å². The standard InChI is InChI=1S/C13H4Cl8N2/c14-6-2-1-3-7(15)10(6)8-4-5-9(12(16,17)18)23-11(22-8)13(19,20)21/h1-4H. The van der Waals surface area contributed by atoms with Gasteiger partial charge < -0.3 is 0 Å². The van der Waals surface area contributed by atoms with Crippen molar-refractivity contribution in [1.29, 1.82) is 0 Å². The number of amidine groups is 1. The van der Waals surface area contributed by atoms with Gasteiger partial charge in [-0.05, 0) is 12.1 Å². The number of nitrogens with zero attached hydrogens (tertiary/aromatic N) is 2. The smallest absolute Gasteiger partial charge is 0.228 e. The minimum Gasteiger partial charge on any atom is -0.228 e. The van der Waals surface area contributed by atoms with Crippen molar-refractivity contribution >= 4 is 104 Å². The highest BCUT2D eigenvalue weighted by atomic mass is 35.6. The van der Waals surface area contributed by atoms with E-state index in [1.165, 1.54) is 6.08 Å². The summed E-state index contributed by atoms with van der Waals surface area (Å²) in [5.74, 6) is -0.212. The van der Waals surface area contributed by atoms with E-state index >= 15 is 0 Å². The molecular weight excluding hydrogens is 468 g/mol. The molecule has 1 aromatic rings. The maximum Gasteiger partial charge on any atom is 0.250 e. The van der Waals surface area contributed by atoms with Gasteiger partial charge in [-0.25, -0.2) is 9.98 Å². The Morgan fingerprint density at radius 3 is 1.87 bits per heavy atom. The number of aliphatic imine (C=N–C) groups is 2. The highest BCUT2D eigenvalue weighted by Gasteiger charge is 2.34. The first-order valence-corrected chi connectivity index (χ1v) is 8.75. The molecule has 1 aromatic carbocycles. The number of hydrogen-bond acceptors (Lipinski definition) is 2. The van der Waals surface area contributed by atoms with E-state index in [0.29, 0.717) is 15.6 Å². The van der Waals surface area contributed by atoms with Crippen LogP contribution in [0.4, 0.5) is 0 Å². The van der Waals surface area contributed by atoms with E-state index < -0.39 is 7.59 Å². The number of benzene rings is 1. The molecule has 1 heterocycles. The van der Waals surface area contributed by atoms with Gasteiger partial charge in [0.25, 0.3) is 0 Å². The zero-order valence-corrected chi connectivity index (χ0v) is 16.8. The lowest BCUT2D eigenvalue weighted by Gasteiger charge is -2.14. The molecule has 0 atom stereocenters. The van der Waals surface area contributed by atoms with Crippen molar-refractivity contribution in [3.05, 3.63) is 51.3 Å². The molecule has 0 saturated heterocycles. The van der Waals surface area contributed by atoms with Crippen molar-refractivity contribution in [3.63, 3.8) is 0 Å². The third-order valence-electron chi connectivity index (χ3n) is 2.53. The molecule has 0 spiro atoms. The summed E-state index contributed by atoms with van der Waals surface area (Å²) >= 11 is 47.4. The predicted molar refractivity (Wildman–Crippen MR) is 103 cm³/mol. The minimum absolute atomic E-state index is 0.0919. The van der Waals surface area contributed by atoms with Crippen LogP contribution in [-0.4, -0.2) is 19.1 Å². The third-order valence-corrected chi connectivity index (χ3v) is 4.20. The first-order chi connectivity index (χ1) is 10.5. The van der Waals surface area contributed by atoms with E-state index in [1.54, 1.807) is 18.2 Å². The van der Waals surface area contributed by atoms with Crippen molar-refractivity contribution in [2.75, 3.05) is 0 Å². The molecule has 0 N–H and O–H groups in total. The van der Waals surface area contributed by atoms with Crippen molar-refractivity contribution in [1.82, 2.24) is 0 Å². The number of hydrogen-bond donors (Lipinski definition) is 0. The SMILES string of the molecule is Clc1cccc(Cl)c1C1=NC(C(Cl)(Cl)Cl)=NC(C(Cl)(Cl)Cl)=C=C1. The Kier molecular flexibility index (Phi) is 6.29. The molecule has 1 aliphatic heterocycles. The zero-order chi connectivity index (χ0) is 17.4. The summed E-state index contributed by atoms with van der Waals surface area (Å²) in [6.45, 7) is 0. The molecule has 122 valence electrons. The molecule has 0 bridgehead atoms. The van der Waals surface area contributed by atoms with Crippen molar-refractivity contribution in [3.8, 4) is 0 Å². The Labute approximate surface area is 172 Å². The van der Waals surface area contributed by atoms with E-state index in [1.807, 2.05) is 0 Å². The van der Waals surface area contributed by atoms with Crippen molar-refractivity contribution < 1.29 is 0 Å². The molecule has 0 aliphatic carbocycles. The van der Waals surface area contributed by atoms with Gasteiger partial charge in [0.15, 0.2) is 5.84 Å². The van der Waals surface area contributed by atoms with Gasteiger partial charge >= 0.3 is 0 Å². The minimum atomic E-state index is -1.96. The van der Waals surface area contributed by atoms with Crippen LogP contribution in [0.25, 0.3) is 0 Å². The molecule has 0 radical (unpaired) electrons. The predicted octanol–water partition coefficient (Wildman–Crippen LogP) is 6.97. The fourth-order valence-corrected chi connectivity index (χ4v) is 2.72. The quantitative estimate of drug-likeness (QED) is 0.312. The average molecular weight is 472 g/mol. The van der Waals surface area contributed by atoms with E-state index in [4.69, 9.17) is 92.8 Å². The lowest BCUT2D eigenvalue weighted by Crippen LogP contribution is -2.20. The molecule has 2 rings (SSSR count). The van der Waals surface area contributed by atoms with Crippen LogP contribution in [0.3, 0.4) is 0 Å². The van der Waals surface area contributed by atoms with Gasteiger partial charge in [-0.15, -0.1) is 0 Å². The summed E-state index contributed by atoms with van der Waals surface area (Å²) in [6, 6.07) is 4.95. The summed E-state index contributed by atoms with van der Waals surface area (Å²) in [7, 11) is 0. The fourth-order valence-electron chi connectivity index (χ4n) is 1.59. The second-order valence-electron chi connectivity index (χ2n) is 4.16. The highest BCUT2D eigenvalue weighted by molar-refractivity contribution is 6.77. The second kappa shape index (κ2) is 7.33. The zero-order valence-electron chi connectivity index (χ0n) is 10.7. The van der Waals surface area contributed by atoms with Crippen LogP contribution < -0.4 is 0 Å². The van der Waals surface area contributed by atoms with E-state index in [-0.39, 0.29) is 17.2 Å². The Morgan fingerprint density at radius 1 is 0.826 bits per heavy atom. The van der Waals surface area contributed by atoms with Crippen LogP contribution in [0.5, 0.6) is 0 Å². The van der Waals surface area contributed by atoms with Crippen molar-refractivity contribution in [2.24, 2.45) is 9.98 Å². The summed E-state index contributed by atoms with van der Waals surface area (Å²) in [4.78, 5) is 8.17. The molecular formula is C13H4Cl8N2. The fraction of sp³-hybridized carbons (Fsp3) is 0.154. The topological polar surface area (TPSA) is 24.7 Å². The third kappa shape index (κ3) is 4.95. The molecule has 0 aromatic heterocycles. The summed E-state index contributed by atoms with van der Waals surface area (Å²) in [5, 5.41) is 0.686. The Morgan fingerprint density at radius 2 is 1.39 bits per heavy atom. The van der Waals surface area contributed by atoms with Crippen LogP contribution in [0.15, 0.2) is 45.7 Å². The molecule has 1 aliphatic rings. The number of rotatable bonds is 1. The van der Waals surface area contributed by atoms with Gasteiger partial charge in [-0.3, -0.25) is 0 Å². The van der Waals surface area contributed by atoms with Crippen LogP contribution in [0, 0.1) is 0 Å². The van der Waals surface area contributed by atoms with E-state index in [0.717, 1.165) is 0 Å². The van der Waals surface area contributed by atoms with Crippen molar-refractivity contribution in [2.45, 2.75) is 7.59 Å². The molecule has 10 heteroatoms. The molecule has 0 fully saturated rings. The largest absolute Gasteiger partial charge is 0.250 e. The summed E-state index contributed by atoms with van der Waals surface area (Å²) in [6.07, 6.45) is 1.40. The molecule has 0 unspecified atom stereocenters. The van der Waals surface area contributed by atoms with Gasteiger partial charge in [0.2, 0.25) is 7.59 Å². The second-order valence-corrected chi connectivity index (χ2v) is 9.54. The Bertz CT molecular complexity index is 741.